The molecule has 2 fully saturated rings. The first-order valence-electron chi connectivity index (χ1n) is 13.8. The average Bonchev–Trinajstić information content (AvgIpc) is 2.78. The van der Waals surface area contributed by atoms with E-state index in [-0.39, 0.29) is 11.6 Å². The van der Waals surface area contributed by atoms with Crippen LogP contribution in [0.4, 0.5) is 4.79 Å². The Morgan fingerprint density at radius 3 is 2.41 bits per heavy atom. The zero-order valence-corrected chi connectivity index (χ0v) is 22.8. The molecule has 6 heteroatoms. The fourth-order valence-corrected chi connectivity index (χ4v) is 5.87. The van der Waals surface area contributed by atoms with Gasteiger partial charge in [-0.3, -0.25) is 9.69 Å². The number of allylic oxidation sites excluding steroid dienone is 1. The van der Waals surface area contributed by atoms with Crippen molar-refractivity contribution in [3.8, 4) is 0 Å². The van der Waals surface area contributed by atoms with Crippen LogP contribution in [-0.2, 0) is 4.79 Å². The molecule has 2 bridgehead atoms. The Hall–Kier alpha value is -1.56. The quantitative estimate of drug-likeness (QED) is 0.362. The Labute approximate surface area is 208 Å². The molecule has 34 heavy (non-hydrogen) atoms. The normalized spacial score (nSPS) is 24.3. The summed E-state index contributed by atoms with van der Waals surface area (Å²) in [5.74, 6) is 1.74. The average molecular weight is 475 g/mol. The highest BCUT2D eigenvalue weighted by molar-refractivity contribution is 5.76. The lowest BCUT2D eigenvalue weighted by atomic mass is 9.49. The van der Waals surface area contributed by atoms with Gasteiger partial charge in [0, 0.05) is 57.8 Å². The molecule has 4 rings (SSSR count). The smallest absolute Gasteiger partial charge is 0.318 e. The lowest BCUT2D eigenvalue weighted by Crippen LogP contribution is -2.55. The second-order valence-electron chi connectivity index (χ2n) is 12.5. The Kier molecular flexibility index (Phi) is 9.10. The monoisotopic (exact) mass is 474 g/mol. The van der Waals surface area contributed by atoms with Crippen molar-refractivity contribution in [2.45, 2.75) is 92.0 Å². The first kappa shape index (κ1) is 27.0. The summed E-state index contributed by atoms with van der Waals surface area (Å²) < 4.78 is 0. The topological polar surface area (TPSA) is 55.9 Å². The molecule has 0 aromatic rings. The molecule has 1 N–H and O–H groups in total. The maximum atomic E-state index is 13.2. The lowest BCUT2D eigenvalue weighted by molar-refractivity contribution is -0.133. The molecule has 3 aliphatic carbocycles. The van der Waals surface area contributed by atoms with E-state index in [0.29, 0.717) is 23.7 Å². The summed E-state index contributed by atoms with van der Waals surface area (Å²) in [6.07, 6.45) is 10.1. The zero-order chi connectivity index (χ0) is 24.9. The molecule has 0 radical (unpaired) electrons. The summed E-state index contributed by atoms with van der Waals surface area (Å²) in [4.78, 5) is 32.2. The lowest BCUT2D eigenvalue weighted by Gasteiger charge is -2.57. The number of piperazine rings is 1. The fraction of sp³-hybridized carbons (Fsp3) is 0.857. The zero-order valence-electron chi connectivity index (χ0n) is 22.8. The number of hydrogen-bond acceptors (Lipinski definition) is 3. The molecule has 4 aliphatic rings. The highest BCUT2D eigenvalue weighted by Crippen LogP contribution is 2.59. The molecule has 1 saturated carbocycles. The SMILES string of the molecule is CCCCCCC(=O)N1CCN(CCN(CC2=CCC3CC2C3(C)C)C(=O)NC(C)(C)C)CC1. The van der Waals surface area contributed by atoms with Crippen molar-refractivity contribution in [3.63, 3.8) is 0 Å². The van der Waals surface area contributed by atoms with Crippen LogP contribution in [0.2, 0.25) is 0 Å². The van der Waals surface area contributed by atoms with Gasteiger partial charge in [0.1, 0.15) is 0 Å². The second-order valence-corrected chi connectivity index (χ2v) is 12.5. The minimum Gasteiger partial charge on any atom is -0.340 e. The molecule has 6 nitrogen and oxygen atoms in total. The molecule has 2 atom stereocenters. The number of nitrogens with one attached hydrogen (secondary N) is 1. The van der Waals surface area contributed by atoms with Crippen molar-refractivity contribution in [2.24, 2.45) is 17.3 Å². The van der Waals surface area contributed by atoms with Crippen LogP contribution in [0.25, 0.3) is 0 Å². The number of carbonyl (C=O) groups excluding carboxylic acids is 2. The molecule has 3 amide bonds. The van der Waals surface area contributed by atoms with E-state index in [2.05, 4.69) is 37.1 Å². The van der Waals surface area contributed by atoms with Crippen molar-refractivity contribution in [3.05, 3.63) is 11.6 Å². The largest absolute Gasteiger partial charge is 0.340 e. The molecule has 1 aliphatic heterocycles. The van der Waals surface area contributed by atoms with Gasteiger partial charge in [-0.25, -0.2) is 4.79 Å². The van der Waals surface area contributed by atoms with Crippen molar-refractivity contribution in [2.75, 3.05) is 45.8 Å². The second kappa shape index (κ2) is 11.5. The van der Waals surface area contributed by atoms with Crippen LogP contribution in [0, 0.1) is 17.3 Å². The van der Waals surface area contributed by atoms with Crippen LogP contribution >= 0.6 is 0 Å². The van der Waals surface area contributed by atoms with Gasteiger partial charge in [0.05, 0.1) is 0 Å². The van der Waals surface area contributed by atoms with E-state index in [1.165, 1.54) is 24.8 Å². The molecular formula is C28H50N4O2. The van der Waals surface area contributed by atoms with Crippen LogP contribution in [0.5, 0.6) is 0 Å². The van der Waals surface area contributed by atoms with Crippen LogP contribution in [0.3, 0.4) is 0 Å². The molecule has 194 valence electrons. The predicted molar refractivity (Wildman–Crippen MR) is 140 cm³/mol. The van der Waals surface area contributed by atoms with Gasteiger partial charge < -0.3 is 15.1 Å². The van der Waals surface area contributed by atoms with Gasteiger partial charge in [0.25, 0.3) is 0 Å². The standard InChI is InChI=1S/C28H50N4O2/c1-7-8-9-10-11-25(33)31-17-14-30(15-18-31)16-19-32(26(34)29-27(2,3)4)21-22-12-13-23-20-24(22)28(23,5)6/h12,23-24H,7-11,13-21H2,1-6H3,(H,29,34). The maximum Gasteiger partial charge on any atom is 0.318 e. The summed E-state index contributed by atoms with van der Waals surface area (Å²) in [7, 11) is 0. The summed E-state index contributed by atoms with van der Waals surface area (Å²) in [5.41, 5.74) is 1.57. The van der Waals surface area contributed by atoms with Crippen molar-refractivity contribution < 1.29 is 9.59 Å². The summed E-state index contributed by atoms with van der Waals surface area (Å²) >= 11 is 0. The first-order chi connectivity index (χ1) is 16.0. The number of nitrogens with zero attached hydrogens (tertiary/aromatic N) is 3. The van der Waals surface area contributed by atoms with Gasteiger partial charge in [0.2, 0.25) is 5.91 Å². The van der Waals surface area contributed by atoms with Crippen LogP contribution in [0.15, 0.2) is 11.6 Å². The number of rotatable bonds is 10. The Morgan fingerprint density at radius 2 is 1.82 bits per heavy atom. The van der Waals surface area contributed by atoms with E-state index in [1.54, 1.807) is 0 Å². The van der Waals surface area contributed by atoms with Crippen LogP contribution in [0.1, 0.15) is 86.5 Å². The van der Waals surface area contributed by atoms with Gasteiger partial charge >= 0.3 is 6.03 Å². The molecule has 1 saturated heterocycles. The molecule has 0 aromatic heterocycles. The van der Waals surface area contributed by atoms with Crippen molar-refractivity contribution in [1.29, 1.82) is 0 Å². The molecule has 1 heterocycles. The highest BCUT2D eigenvalue weighted by atomic mass is 16.2. The highest BCUT2D eigenvalue weighted by Gasteiger charge is 2.51. The predicted octanol–water partition coefficient (Wildman–Crippen LogP) is 4.90. The Morgan fingerprint density at radius 1 is 1.12 bits per heavy atom. The van der Waals surface area contributed by atoms with Gasteiger partial charge in [0.15, 0.2) is 0 Å². The number of unbranched alkanes of at least 4 members (excludes halogenated alkanes) is 3. The molecular weight excluding hydrogens is 424 g/mol. The van der Waals surface area contributed by atoms with Crippen molar-refractivity contribution >= 4 is 11.9 Å². The minimum atomic E-state index is -0.250. The molecule has 2 unspecified atom stereocenters. The minimum absolute atomic E-state index is 0.0357. The van der Waals surface area contributed by atoms with E-state index in [9.17, 15) is 9.59 Å². The van der Waals surface area contributed by atoms with Gasteiger partial charge in [-0.1, -0.05) is 51.7 Å². The third-order valence-electron chi connectivity index (χ3n) is 8.38. The Bertz CT molecular complexity index is 731. The van der Waals surface area contributed by atoms with E-state index >= 15 is 0 Å². The Balaban J connectivity index is 1.50. The third kappa shape index (κ3) is 6.99. The van der Waals surface area contributed by atoms with Crippen LogP contribution in [-0.4, -0.2) is 78.0 Å². The molecule has 0 spiro atoms. The molecule has 0 aromatic carbocycles. The van der Waals surface area contributed by atoms with E-state index in [4.69, 9.17) is 0 Å². The van der Waals surface area contributed by atoms with E-state index in [1.807, 2.05) is 30.6 Å². The van der Waals surface area contributed by atoms with E-state index in [0.717, 1.165) is 71.0 Å². The van der Waals surface area contributed by atoms with Gasteiger partial charge in [-0.2, -0.15) is 0 Å². The first-order valence-corrected chi connectivity index (χ1v) is 13.8. The third-order valence-corrected chi connectivity index (χ3v) is 8.38. The van der Waals surface area contributed by atoms with Crippen molar-refractivity contribution in [1.82, 2.24) is 20.0 Å². The number of amides is 3. The van der Waals surface area contributed by atoms with Gasteiger partial charge in [-0.05, 0) is 57.3 Å². The number of hydrogen-bond donors (Lipinski definition) is 1. The van der Waals surface area contributed by atoms with Crippen LogP contribution < -0.4 is 5.32 Å². The maximum absolute atomic E-state index is 13.2. The van der Waals surface area contributed by atoms with Gasteiger partial charge in [-0.15, -0.1) is 0 Å². The summed E-state index contributed by atoms with van der Waals surface area (Å²) in [6.45, 7) is 18.8. The number of carbonyl (C=O) groups is 2. The van der Waals surface area contributed by atoms with E-state index < -0.39 is 0 Å². The summed E-state index contributed by atoms with van der Waals surface area (Å²) in [6, 6.07) is 0.0357. The number of urea groups is 1. The summed E-state index contributed by atoms with van der Waals surface area (Å²) in [5, 5.41) is 3.18. The fourth-order valence-electron chi connectivity index (χ4n) is 5.87. The number of fused-ring (bicyclic) bond motifs is 1.